The maximum absolute atomic E-state index is 11.8. The van der Waals surface area contributed by atoms with Gasteiger partial charge in [0.15, 0.2) is 0 Å². The predicted octanol–water partition coefficient (Wildman–Crippen LogP) is 3.34. The second-order valence-electron chi connectivity index (χ2n) is 5.70. The summed E-state index contributed by atoms with van der Waals surface area (Å²) in [4.78, 5) is 11.8. The van der Waals surface area contributed by atoms with Crippen molar-refractivity contribution in [2.45, 2.75) is 13.0 Å². The van der Waals surface area contributed by atoms with Gasteiger partial charge in [0, 0.05) is 17.2 Å². The molecule has 0 saturated carbocycles. The van der Waals surface area contributed by atoms with Gasteiger partial charge in [-0.15, -0.1) is 0 Å². The number of benzene rings is 2. The van der Waals surface area contributed by atoms with Gasteiger partial charge in [0.25, 0.3) is 0 Å². The molecule has 0 bridgehead atoms. The molecule has 0 heterocycles. The standard InChI is InChI=1S/C18H20ClNO4S/c19-25(22,23)14-17(11-15-7-3-1-4-8-15)12-20-18(21)24-13-16-9-5-2-6-10-16/h1-10,17H,11-14H2,(H,20,21). The highest BCUT2D eigenvalue weighted by Gasteiger charge is 2.19. The fourth-order valence-corrected chi connectivity index (χ4v) is 3.75. The number of ether oxygens (including phenoxy) is 1. The van der Waals surface area contributed by atoms with Gasteiger partial charge in [-0.05, 0) is 23.5 Å². The second kappa shape index (κ2) is 9.44. The number of hydrogen-bond donors (Lipinski definition) is 1. The number of alkyl carbamates (subject to hydrolysis) is 1. The van der Waals surface area contributed by atoms with E-state index in [1.807, 2.05) is 60.7 Å². The molecule has 25 heavy (non-hydrogen) atoms. The van der Waals surface area contributed by atoms with Crippen LogP contribution in [0, 0.1) is 5.92 Å². The van der Waals surface area contributed by atoms with Crippen molar-refractivity contribution in [3.05, 3.63) is 71.8 Å². The lowest BCUT2D eigenvalue weighted by atomic mass is 10.0. The Hall–Kier alpha value is -2.05. The van der Waals surface area contributed by atoms with Crippen LogP contribution in [0.2, 0.25) is 0 Å². The van der Waals surface area contributed by atoms with Gasteiger partial charge < -0.3 is 10.1 Å². The summed E-state index contributed by atoms with van der Waals surface area (Å²) in [5, 5.41) is 2.61. The molecule has 0 fully saturated rings. The molecule has 134 valence electrons. The zero-order valence-electron chi connectivity index (χ0n) is 13.6. The van der Waals surface area contributed by atoms with Gasteiger partial charge in [0.2, 0.25) is 9.05 Å². The monoisotopic (exact) mass is 381 g/mol. The van der Waals surface area contributed by atoms with Crippen molar-refractivity contribution < 1.29 is 17.9 Å². The molecule has 1 atom stereocenters. The van der Waals surface area contributed by atoms with Gasteiger partial charge in [0.1, 0.15) is 6.61 Å². The first-order valence-electron chi connectivity index (χ1n) is 7.83. The molecule has 1 N–H and O–H groups in total. The van der Waals surface area contributed by atoms with Gasteiger partial charge >= 0.3 is 6.09 Å². The molecule has 0 radical (unpaired) electrons. The second-order valence-corrected chi connectivity index (χ2v) is 8.53. The molecule has 7 heteroatoms. The third-order valence-corrected chi connectivity index (χ3v) is 4.80. The van der Waals surface area contributed by atoms with E-state index in [2.05, 4.69) is 5.32 Å². The largest absolute Gasteiger partial charge is 0.445 e. The topological polar surface area (TPSA) is 72.5 Å². The van der Waals surface area contributed by atoms with Crippen LogP contribution in [0.5, 0.6) is 0 Å². The van der Waals surface area contributed by atoms with E-state index in [9.17, 15) is 13.2 Å². The van der Waals surface area contributed by atoms with Gasteiger partial charge in [0.05, 0.1) is 5.75 Å². The Morgan fingerprint density at radius 1 is 1.00 bits per heavy atom. The first-order chi connectivity index (χ1) is 11.9. The average molecular weight is 382 g/mol. The number of halogens is 1. The summed E-state index contributed by atoms with van der Waals surface area (Å²) in [6, 6.07) is 18.8. The maximum atomic E-state index is 11.8. The molecular weight excluding hydrogens is 362 g/mol. The van der Waals surface area contributed by atoms with E-state index < -0.39 is 15.1 Å². The highest BCUT2D eigenvalue weighted by molar-refractivity contribution is 8.13. The Labute approximate surface area is 152 Å². The van der Waals surface area contributed by atoms with E-state index in [4.69, 9.17) is 15.4 Å². The fourth-order valence-electron chi connectivity index (χ4n) is 2.42. The first-order valence-corrected chi connectivity index (χ1v) is 10.3. The van der Waals surface area contributed by atoms with Crippen LogP contribution in [0.3, 0.4) is 0 Å². The van der Waals surface area contributed by atoms with Crippen molar-refractivity contribution in [2.24, 2.45) is 5.92 Å². The lowest BCUT2D eigenvalue weighted by Gasteiger charge is -2.16. The van der Waals surface area contributed by atoms with Crippen molar-refractivity contribution >= 4 is 25.8 Å². The first kappa shape index (κ1) is 19.3. The lowest BCUT2D eigenvalue weighted by Crippen LogP contribution is -2.33. The summed E-state index contributed by atoms with van der Waals surface area (Å²) in [7, 11) is 1.71. The molecule has 0 aliphatic heterocycles. The molecule has 0 aliphatic carbocycles. The summed E-state index contributed by atoms with van der Waals surface area (Å²) in [6.07, 6.45) is -0.0972. The SMILES string of the molecule is O=C(NCC(Cc1ccccc1)CS(=O)(=O)Cl)OCc1ccccc1. The normalized spacial score (nSPS) is 12.4. The van der Waals surface area contributed by atoms with Crippen molar-refractivity contribution in [1.82, 2.24) is 5.32 Å². The van der Waals surface area contributed by atoms with E-state index in [1.54, 1.807) is 0 Å². The van der Waals surface area contributed by atoms with Crippen LogP contribution in [0.25, 0.3) is 0 Å². The molecule has 2 aromatic rings. The molecule has 2 aromatic carbocycles. The quantitative estimate of drug-likeness (QED) is 0.712. The van der Waals surface area contributed by atoms with E-state index in [0.717, 1.165) is 11.1 Å². The molecular formula is C18H20ClNO4S. The van der Waals surface area contributed by atoms with E-state index >= 15 is 0 Å². The summed E-state index contributed by atoms with van der Waals surface area (Å²) in [5.41, 5.74) is 1.86. The van der Waals surface area contributed by atoms with E-state index in [-0.39, 0.29) is 24.8 Å². The number of amides is 1. The zero-order valence-corrected chi connectivity index (χ0v) is 15.2. The predicted molar refractivity (Wildman–Crippen MR) is 97.9 cm³/mol. The Bertz CT molecular complexity index is 766. The number of nitrogens with one attached hydrogen (secondary N) is 1. The van der Waals surface area contributed by atoms with Gasteiger partial charge in [-0.25, -0.2) is 13.2 Å². The summed E-state index contributed by atoms with van der Waals surface area (Å²) in [5.74, 6) is -0.559. The Morgan fingerprint density at radius 2 is 1.56 bits per heavy atom. The number of rotatable bonds is 8. The van der Waals surface area contributed by atoms with Gasteiger partial charge in [-0.2, -0.15) is 0 Å². The number of hydrogen-bond acceptors (Lipinski definition) is 4. The third-order valence-electron chi connectivity index (χ3n) is 3.55. The Kier molecular flexibility index (Phi) is 7.28. The molecule has 0 saturated heterocycles. The highest BCUT2D eigenvalue weighted by Crippen LogP contribution is 2.13. The van der Waals surface area contributed by atoms with E-state index in [1.165, 1.54) is 0 Å². The summed E-state index contributed by atoms with van der Waals surface area (Å²) >= 11 is 0. The Morgan fingerprint density at radius 3 is 2.12 bits per heavy atom. The molecule has 5 nitrogen and oxygen atoms in total. The fraction of sp³-hybridized carbons (Fsp3) is 0.278. The minimum absolute atomic E-state index is 0.157. The highest BCUT2D eigenvalue weighted by atomic mass is 35.7. The minimum Gasteiger partial charge on any atom is -0.445 e. The van der Waals surface area contributed by atoms with Crippen LogP contribution in [0.15, 0.2) is 60.7 Å². The maximum Gasteiger partial charge on any atom is 0.407 e. The van der Waals surface area contributed by atoms with Crippen molar-refractivity contribution in [1.29, 1.82) is 0 Å². The number of carbonyl (C=O) groups excluding carboxylic acids is 1. The smallest absolute Gasteiger partial charge is 0.407 e. The average Bonchev–Trinajstić information content (AvgIpc) is 2.58. The molecule has 0 aromatic heterocycles. The summed E-state index contributed by atoms with van der Waals surface area (Å²) in [6.45, 7) is 0.318. The van der Waals surface area contributed by atoms with Crippen LogP contribution >= 0.6 is 10.7 Å². The van der Waals surface area contributed by atoms with Crippen molar-refractivity contribution in [3.63, 3.8) is 0 Å². The van der Waals surface area contributed by atoms with Crippen molar-refractivity contribution in [3.8, 4) is 0 Å². The van der Waals surface area contributed by atoms with Crippen LogP contribution in [0.1, 0.15) is 11.1 Å². The number of carbonyl (C=O) groups is 1. The third kappa shape index (κ3) is 8.05. The minimum atomic E-state index is -3.67. The summed E-state index contributed by atoms with van der Waals surface area (Å²) < 4.78 is 27.9. The van der Waals surface area contributed by atoms with E-state index in [0.29, 0.717) is 6.42 Å². The van der Waals surface area contributed by atoms with Crippen LogP contribution in [-0.4, -0.2) is 26.8 Å². The Balaban J connectivity index is 1.86. The van der Waals surface area contributed by atoms with Crippen LogP contribution in [0.4, 0.5) is 4.79 Å². The van der Waals surface area contributed by atoms with Gasteiger partial charge in [-0.3, -0.25) is 0 Å². The molecule has 0 spiro atoms. The lowest BCUT2D eigenvalue weighted by molar-refractivity contribution is 0.138. The molecule has 2 rings (SSSR count). The van der Waals surface area contributed by atoms with Crippen LogP contribution in [-0.2, 0) is 26.8 Å². The molecule has 1 amide bonds. The zero-order chi connectivity index (χ0) is 18.1. The van der Waals surface area contributed by atoms with Gasteiger partial charge in [-0.1, -0.05) is 60.7 Å². The molecule has 0 aliphatic rings. The van der Waals surface area contributed by atoms with Crippen LogP contribution < -0.4 is 5.32 Å². The van der Waals surface area contributed by atoms with Crippen molar-refractivity contribution in [2.75, 3.05) is 12.3 Å². The molecule has 1 unspecified atom stereocenters.